The first-order valence-electron chi connectivity index (χ1n) is 6.59. The highest BCUT2D eigenvalue weighted by Gasteiger charge is 2.20. The minimum atomic E-state index is -0.265. The monoisotopic (exact) mass is 276 g/mol. The van der Waals surface area contributed by atoms with Crippen molar-refractivity contribution in [1.82, 2.24) is 25.1 Å². The summed E-state index contributed by atoms with van der Waals surface area (Å²) >= 11 is 0. The first-order chi connectivity index (χ1) is 9.49. The van der Waals surface area contributed by atoms with Crippen LogP contribution in [-0.2, 0) is 6.54 Å². The quantitative estimate of drug-likeness (QED) is 0.761. The normalized spacial score (nSPS) is 12.6. The molecular weight excluding hydrogens is 256 g/mol. The third kappa shape index (κ3) is 2.98. The molecule has 1 amide bonds. The number of carbonyl (C=O) groups excluding carboxylic acids is 1. The number of aromatic amines is 1. The average Bonchev–Trinajstić information content (AvgIpc) is 2.97. The molecule has 0 spiro atoms. The molecule has 0 aromatic carbocycles. The fourth-order valence-corrected chi connectivity index (χ4v) is 2.03. The van der Waals surface area contributed by atoms with Crippen molar-refractivity contribution in [2.24, 2.45) is 0 Å². The summed E-state index contributed by atoms with van der Waals surface area (Å²) in [6, 6.07) is -0.0460. The predicted octanol–water partition coefficient (Wildman–Crippen LogP) is 1.13. The van der Waals surface area contributed by atoms with Gasteiger partial charge in [0.1, 0.15) is 0 Å². The lowest BCUT2D eigenvalue weighted by atomic mass is 10.1. The molecule has 7 heteroatoms. The Kier molecular flexibility index (Phi) is 4.07. The van der Waals surface area contributed by atoms with Crippen LogP contribution < -0.4 is 11.1 Å². The van der Waals surface area contributed by atoms with Crippen LogP contribution in [0.3, 0.4) is 0 Å². The number of nitrogens with two attached hydrogens (primary N) is 1. The first-order valence-corrected chi connectivity index (χ1v) is 6.59. The molecule has 0 bridgehead atoms. The molecule has 1 atom stereocenters. The van der Waals surface area contributed by atoms with E-state index in [-0.39, 0.29) is 23.6 Å². The summed E-state index contributed by atoms with van der Waals surface area (Å²) in [6.07, 6.45) is 5.26. The molecule has 2 heterocycles. The van der Waals surface area contributed by atoms with Gasteiger partial charge in [0.05, 0.1) is 17.7 Å². The van der Waals surface area contributed by atoms with E-state index in [4.69, 9.17) is 5.73 Å². The molecule has 0 fully saturated rings. The second-order valence-corrected chi connectivity index (χ2v) is 5.19. The smallest absolute Gasteiger partial charge is 0.274 e. The SMILES string of the molecule is CC(Cn1ccnc1)NC(=O)c1n[nH]c(C(C)C)c1N. The van der Waals surface area contributed by atoms with E-state index < -0.39 is 0 Å². The van der Waals surface area contributed by atoms with Gasteiger partial charge in [-0.05, 0) is 12.8 Å². The molecule has 0 saturated heterocycles. The highest BCUT2D eigenvalue weighted by atomic mass is 16.2. The Hall–Kier alpha value is -2.31. The van der Waals surface area contributed by atoms with Gasteiger partial charge in [0.2, 0.25) is 0 Å². The number of rotatable bonds is 5. The number of amides is 1. The molecule has 0 saturated carbocycles. The molecule has 0 aliphatic rings. The first kappa shape index (κ1) is 14.1. The Morgan fingerprint density at radius 2 is 2.25 bits per heavy atom. The fourth-order valence-electron chi connectivity index (χ4n) is 2.03. The molecule has 108 valence electrons. The number of anilines is 1. The fraction of sp³-hybridized carbons (Fsp3) is 0.462. The zero-order valence-corrected chi connectivity index (χ0v) is 11.9. The zero-order valence-electron chi connectivity index (χ0n) is 11.9. The number of hydrogen-bond donors (Lipinski definition) is 3. The molecule has 2 aromatic heterocycles. The van der Waals surface area contributed by atoms with Crippen molar-refractivity contribution >= 4 is 11.6 Å². The Bertz CT molecular complexity index is 572. The second kappa shape index (κ2) is 5.77. The third-order valence-electron chi connectivity index (χ3n) is 3.05. The van der Waals surface area contributed by atoms with Crippen LogP contribution in [0.4, 0.5) is 5.69 Å². The molecule has 20 heavy (non-hydrogen) atoms. The van der Waals surface area contributed by atoms with Gasteiger partial charge in [0, 0.05) is 25.0 Å². The van der Waals surface area contributed by atoms with Gasteiger partial charge in [-0.2, -0.15) is 5.10 Å². The summed E-state index contributed by atoms with van der Waals surface area (Å²) < 4.78 is 1.90. The van der Waals surface area contributed by atoms with Crippen molar-refractivity contribution < 1.29 is 4.79 Å². The number of imidazole rings is 1. The van der Waals surface area contributed by atoms with Gasteiger partial charge in [-0.1, -0.05) is 13.8 Å². The average molecular weight is 276 g/mol. The highest BCUT2D eigenvalue weighted by Crippen LogP contribution is 2.21. The minimum Gasteiger partial charge on any atom is -0.395 e. The Morgan fingerprint density at radius 1 is 1.50 bits per heavy atom. The van der Waals surface area contributed by atoms with E-state index in [1.165, 1.54) is 0 Å². The van der Waals surface area contributed by atoms with Crippen LogP contribution in [0.15, 0.2) is 18.7 Å². The van der Waals surface area contributed by atoms with Gasteiger partial charge in [0.25, 0.3) is 5.91 Å². The summed E-state index contributed by atoms with van der Waals surface area (Å²) in [5.74, 6) is -0.0642. The van der Waals surface area contributed by atoms with Crippen LogP contribution in [0.25, 0.3) is 0 Å². The van der Waals surface area contributed by atoms with E-state index in [2.05, 4.69) is 20.5 Å². The van der Waals surface area contributed by atoms with E-state index in [0.717, 1.165) is 5.69 Å². The molecule has 0 radical (unpaired) electrons. The van der Waals surface area contributed by atoms with Crippen LogP contribution in [0.1, 0.15) is 42.9 Å². The largest absolute Gasteiger partial charge is 0.395 e. The van der Waals surface area contributed by atoms with Crippen molar-refractivity contribution in [3.8, 4) is 0 Å². The van der Waals surface area contributed by atoms with Crippen molar-refractivity contribution in [3.05, 3.63) is 30.1 Å². The third-order valence-corrected chi connectivity index (χ3v) is 3.05. The lowest BCUT2D eigenvalue weighted by Gasteiger charge is -2.13. The van der Waals surface area contributed by atoms with Gasteiger partial charge < -0.3 is 15.6 Å². The number of nitrogens with zero attached hydrogens (tertiary/aromatic N) is 3. The van der Waals surface area contributed by atoms with Gasteiger partial charge in [-0.25, -0.2) is 4.98 Å². The molecule has 7 nitrogen and oxygen atoms in total. The maximum atomic E-state index is 12.1. The second-order valence-electron chi connectivity index (χ2n) is 5.19. The summed E-state index contributed by atoms with van der Waals surface area (Å²) in [7, 11) is 0. The van der Waals surface area contributed by atoms with Gasteiger partial charge in [0.15, 0.2) is 5.69 Å². The lowest BCUT2D eigenvalue weighted by Crippen LogP contribution is -2.36. The number of nitrogen functional groups attached to an aromatic ring is 1. The minimum absolute atomic E-state index is 0.0460. The Balaban J connectivity index is 2.01. The maximum Gasteiger partial charge on any atom is 0.274 e. The molecule has 0 aliphatic heterocycles. The molecule has 2 rings (SSSR count). The summed E-state index contributed by atoms with van der Waals surface area (Å²) in [6.45, 7) is 6.55. The number of aromatic nitrogens is 4. The lowest BCUT2D eigenvalue weighted by molar-refractivity contribution is 0.0932. The van der Waals surface area contributed by atoms with Crippen LogP contribution >= 0.6 is 0 Å². The van der Waals surface area contributed by atoms with Gasteiger partial charge in [-0.15, -0.1) is 0 Å². The van der Waals surface area contributed by atoms with E-state index in [9.17, 15) is 4.79 Å². The molecule has 4 N–H and O–H groups in total. The van der Waals surface area contributed by atoms with Crippen molar-refractivity contribution in [3.63, 3.8) is 0 Å². The molecule has 2 aromatic rings. The molecule has 1 unspecified atom stereocenters. The van der Waals surface area contributed by atoms with Crippen molar-refractivity contribution in [1.29, 1.82) is 0 Å². The van der Waals surface area contributed by atoms with Crippen LogP contribution in [-0.4, -0.2) is 31.7 Å². The summed E-state index contributed by atoms with van der Waals surface area (Å²) in [5, 5.41) is 9.71. The van der Waals surface area contributed by atoms with E-state index in [1.54, 1.807) is 12.5 Å². The standard InChI is InChI=1S/C13H20N6O/c1-8(2)11-10(14)12(18-17-11)13(20)16-9(3)6-19-5-4-15-7-19/h4-5,7-9H,6,14H2,1-3H3,(H,16,20)(H,17,18). The topological polar surface area (TPSA) is 102 Å². The predicted molar refractivity (Wildman–Crippen MR) is 76.2 cm³/mol. The summed E-state index contributed by atoms with van der Waals surface area (Å²) in [5.41, 5.74) is 7.42. The van der Waals surface area contributed by atoms with Crippen LogP contribution in [0, 0.1) is 0 Å². The van der Waals surface area contributed by atoms with E-state index in [1.807, 2.05) is 31.5 Å². The highest BCUT2D eigenvalue weighted by molar-refractivity contribution is 5.97. The van der Waals surface area contributed by atoms with Crippen molar-refractivity contribution in [2.45, 2.75) is 39.3 Å². The number of nitrogens with one attached hydrogen (secondary N) is 2. The number of carbonyl (C=O) groups is 1. The molecule has 0 aliphatic carbocycles. The number of H-pyrrole nitrogens is 1. The summed E-state index contributed by atoms with van der Waals surface area (Å²) in [4.78, 5) is 16.1. The zero-order chi connectivity index (χ0) is 14.7. The van der Waals surface area contributed by atoms with Gasteiger partial charge in [-0.3, -0.25) is 9.89 Å². The van der Waals surface area contributed by atoms with Crippen molar-refractivity contribution in [2.75, 3.05) is 5.73 Å². The van der Waals surface area contributed by atoms with Gasteiger partial charge >= 0.3 is 0 Å². The number of hydrogen-bond acceptors (Lipinski definition) is 4. The van der Waals surface area contributed by atoms with Crippen LogP contribution in [0.5, 0.6) is 0 Å². The maximum absolute atomic E-state index is 12.1. The van der Waals surface area contributed by atoms with Crippen LogP contribution in [0.2, 0.25) is 0 Å². The van der Waals surface area contributed by atoms with E-state index in [0.29, 0.717) is 12.2 Å². The Labute approximate surface area is 117 Å². The Morgan fingerprint density at radius 3 is 2.80 bits per heavy atom. The van der Waals surface area contributed by atoms with E-state index >= 15 is 0 Å². The molecular formula is C13H20N6O.